The number of pyridine rings is 2. The fourth-order valence-electron chi connectivity index (χ4n) is 1.09. The summed E-state index contributed by atoms with van der Waals surface area (Å²) in [6, 6.07) is 4.02. The first-order valence-electron chi connectivity index (χ1n) is 6.11. The van der Waals surface area contributed by atoms with E-state index in [9.17, 15) is 0 Å². The van der Waals surface area contributed by atoms with Crippen LogP contribution in [0.3, 0.4) is 0 Å². The summed E-state index contributed by atoms with van der Waals surface area (Å²) in [4.78, 5) is 7.89. The molecule has 2 rings (SSSR count). The van der Waals surface area contributed by atoms with Crippen molar-refractivity contribution in [3.8, 4) is 0 Å². The van der Waals surface area contributed by atoms with Crippen LogP contribution < -0.4 is 0 Å². The van der Waals surface area contributed by atoms with Crippen molar-refractivity contribution in [1.29, 1.82) is 0 Å². The van der Waals surface area contributed by atoms with E-state index in [1.54, 1.807) is 0 Å². The second-order valence-electron chi connectivity index (χ2n) is 4.35. The van der Waals surface area contributed by atoms with E-state index in [4.69, 9.17) is 0 Å². The Labute approximate surface area is 157 Å². The van der Waals surface area contributed by atoms with E-state index in [1.807, 2.05) is 36.9 Å². The molecule has 0 unspecified atom stereocenters. The van der Waals surface area contributed by atoms with Crippen molar-refractivity contribution in [2.24, 2.45) is 0 Å². The van der Waals surface area contributed by atoms with Gasteiger partial charge in [0.05, 0.1) is 0 Å². The standard InChI is InChI=1S/2C7H9N.Br4Ge/c2*1-6-3-4-8-5-7(6)2;1-5(2,3)4/h2*3-5H,1-2H3;. The zero-order valence-corrected chi connectivity index (χ0v) is 20.8. The van der Waals surface area contributed by atoms with Gasteiger partial charge in [0.1, 0.15) is 0 Å². The molecule has 0 spiro atoms. The van der Waals surface area contributed by atoms with Crippen LogP contribution >= 0.6 is 56.0 Å². The SMILES string of the molecule is Cc1ccncc1C.Cc1ccncc1C.[Br][Ge]([Br])([Br])[Br]. The van der Waals surface area contributed by atoms with E-state index in [-0.39, 0.29) is 0 Å². The average molecular weight is 607 g/mol. The molecule has 0 radical (unpaired) electrons. The molecule has 0 saturated carbocycles. The van der Waals surface area contributed by atoms with Gasteiger partial charge >= 0.3 is 61.9 Å². The maximum atomic E-state index is 3.95. The predicted octanol–water partition coefficient (Wildman–Crippen LogP) is 6.40. The van der Waals surface area contributed by atoms with Gasteiger partial charge in [0.25, 0.3) is 0 Å². The van der Waals surface area contributed by atoms with Gasteiger partial charge in [-0.3, -0.25) is 9.97 Å². The minimum atomic E-state index is -1.75. The van der Waals surface area contributed by atoms with Crippen molar-refractivity contribution in [3.63, 3.8) is 0 Å². The van der Waals surface area contributed by atoms with E-state index in [0.717, 1.165) is 0 Å². The molecule has 2 aromatic heterocycles. The van der Waals surface area contributed by atoms with Gasteiger partial charge < -0.3 is 0 Å². The summed E-state index contributed by atoms with van der Waals surface area (Å²) >= 11 is 13.2. The monoisotopic (exact) mass is 604 g/mol. The molecule has 2 nitrogen and oxygen atoms in total. The topological polar surface area (TPSA) is 25.8 Å². The second-order valence-corrected chi connectivity index (χ2v) is 64.0. The summed E-state index contributed by atoms with van der Waals surface area (Å²) in [6.45, 7) is 8.28. The molecular formula is C14H18Br4GeN2. The zero-order chi connectivity index (χ0) is 16.5. The van der Waals surface area contributed by atoms with Gasteiger partial charge in [-0.25, -0.2) is 0 Å². The Kier molecular flexibility index (Phi) is 11.7. The van der Waals surface area contributed by atoms with Crippen molar-refractivity contribution in [2.75, 3.05) is 0 Å². The third-order valence-electron chi connectivity index (χ3n) is 2.60. The van der Waals surface area contributed by atoms with Gasteiger partial charge in [0, 0.05) is 24.8 Å². The van der Waals surface area contributed by atoms with Crippen molar-refractivity contribution < 1.29 is 0 Å². The van der Waals surface area contributed by atoms with Crippen LogP contribution in [0.2, 0.25) is 0 Å². The molecule has 0 aromatic carbocycles. The molecular weight excluding hydrogens is 588 g/mol. The van der Waals surface area contributed by atoms with Crippen LogP contribution in [0.1, 0.15) is 22.3 Å². The fourth-order valence-corrected chi connectivity index (χ4v) is 1.09. The van der Waals surface area contributed by atoms with Gasteiger partial charge in [-0.2, -0.15) is 0 Å². The summed E-state index contributed by atoms with van der Waals surface area (Å²) in [5.41, 5.74) is 5.13. The Morgan fingerprint density at radius 3 is 1.10 bits per heavy atom. The normalized spacial score (nSPS) is 9.90. The van der Waals surface area contributed by atoms with Gasteiger partial charge in [-0.15, -0.1) is 0 Å². The molecule has 0 fully saturated rings. The average Bonchev–Trinajstić information content (AvgIpc) is 2.35. The third-order valence-corrected chi connectivity index (χ3v) is 2.60. The molecule has 0 N–H and O–H groups in total. The zero-order valence-electron chi connectivity index (χ0n) is 12.4. The number of aryl methyl sites for hydroxylation is 4. The van der Waals surface area contributed by atoms with Crippen LogP contribution in [0.5, 0.6) is 0 Å². The van der Waals surface area contributed by atoms with Gasteiger partial charge in [0.2, 0.25) is 0 Å². The van der Waals surface area contributed by atoms with E-state index in [0.29, 0.717) is 0 Å². The van der Waals surface area contributed by atoms with Gasteiger partial charge in [-0.1, -0.05) is 0 Å². The van der Waals surface area contributed by atoms with Crippen LogP contribution in [0, 0.1) is 27.7 Å². The van der Waals surface area contributed by atoms with E-state index >= 15 is 0 Å². The summed E-state index contributed by atoms with van der Waals surface area (Å²) in [5.74, 6) is -1.75. The third kappa shape index (κ3) is 14.1. The van der Waals surface area contributed by atoms with Crippen LogP contribution in [-0.4, -0.2) is 15.9 Å². The quantitative estimate of drug-likeness (QED) is 0.325. The minimum absolute atomic E-state index is 1.26. The molecule has 7 heteroatoms. The van der Waals surface area contributed by atoms with Crippen LogP contribution in [-0.2, 0) is 0 Å². The maximum absolute atomic E-state index is 3.95. The Bertz CT molecular complexity index is 453. The Hall–Kier alpha value is 0.763. The summed E-state index contributed by atoms with van der Waals surface area (Å²) in [5, 5.41) is 0. The molecule has 0 amide bonds. The molecule has 2 heterocycles. The number of halogens is 4. The molecule has 2 aromatic rings. The Morgan fingerprint density at radius 2 is 0.952 bits per heavy atom. The van der Waals surface area contributed by atoms with Crippen molar-refractivity contribution in [1.82, 2.24) is 9.97 Å². The summed E-state index contributed by atoms with van der Waals surface area (Å²) in [7, 11) is 0. The van der Waals surface area contributed by atoms with Crippen LogP contribution in [0.15, 0.2) is 36.9 Å². The summed E-state index contributed by atoms with van der Waals surface area (Å²) < 4.78 is 0. The van der Waals surface area contributed by atoms with Crippen LogP contribution in [0.4, 0.5) is 0 Å². The van der Waals surface area contributed by atoms with Crippen molar-refractivity contribution in [2.45, 2.75) is 27.7 Å². The first-order chi connectivity index (χ1) is 9.61. The molecule has 116 valence electrons. The van der Waals surface area contributed by atoms with E-state index < -0.39 is 5.90 Å². The van der Waals surface area contributed by atoms with Gasteiger partial charge in [0.15, 0.2) is 0 Å². The number of hydrogen-bond acceptors (Lipinski definition) is 2. The van der Waals surface area contributed by atoms with E-state index in [1.165, 1.54) is 22.3 Å². The Balaban J connectivity index is 0.000000296. The summed E-state index contributed by atoms with van der Waals surface area (Å²) in [6.07, 6.45) is 7.36. The molecule has 0 bridgehead atoms. The molecule has 0 atom stereocenters. The second kappa shape index (κ2) is 11.3. The Morgan fingerprint density at radius 1 is 0.667 bits per heavy atom. The van der Waals surface area contributed by atoms with Crippen molar-refractivity contribution in [3.05, 3.63) is 59.2 Å². The van der Waals surface area contributed by atoms with Crippen LogP contribution in [0.25, 0.3) is 0 Å². The number of hydrogen-bond donors (Lipinski definition) is 0. The first-order valence-corrected chi connectivity index (χ1v) is 25.8. The predicted molar refractivity (Wildman–Crippen MR) is 109 cm³/mol. The molecule has 0 aliphatic rings. The molecule has 0 aliphatic carbocycles. The van der Waals surface area contributed by atoms with Gasteiger partial charge in [-0.05, 0) is 62.1 Å². The first kappa shape index (κ1) is 21.8. The molecule has 21 heavy (non-hydrogen) atoms. The molecule has 0 aliphatic heterocycles. The number of nitrogens with zero attached hydrogens (tertiary/aromatic N) is 2. The number of rotatable bonds is 0. The van der Waals surface area contributed by atoms with E-state index in [2.05, 4.69) is 93.7 Å². The van der Waals surface area contributed by atoms with Crippen molar-refractivity contribution >= 4 is 61.9 Å². The fraction of sp³-hybridized carbons (Fsp3) is 0.286. The number of aromatic nitrogens is 2. The molecule has 0 saturated heterocycles.